The fourth-order valence-corrected chi connectivity index (χ4v) is 14.0. The Morgan fingerprint density at radius 3 is 0.978 bits per heavy atom. The van der Waals surface area contributed by atoms with Gasteiger partial charge in [0.15, 0.2) is 17.5 Å². The Labute approximate surface area is 533 Å². The third-order valence-electron chi connectivity index (χ3n) is 18.4. The zero-order valence-electron chi connectivity index (χ0n) is 52.5. The molecule has 0 amide bonds. The normalized spacial score (nSPS) is 11.9. The minimum absolute atomic E-state index is 0.00456. The van der Waals surface area contributed by atoms with Gasteiger partial charge in [-0.1, -0.05) is 180 Å². The van der Waals surface area contributed by atoms with E-state index in [1.54, 1.807) is 12.1 Å². The molecule has 0 spiro atoms. The van der Waals surface area contributed by atoms with Gasteiger partial charge in [0.25, 0.3) is 0 Å². The predicted octanol–water partition coefficient (Wildman–Crippen LogP) is 22.9. The number of rotatable bonds is 10. The summed E-state index contributed by atoms with van der Waals surface area (Å²) in [4.78, 5) is 15.3. The van der Waals surface area contributed by atoms with E-state index in [2.05, 4.69) is 210 Å². The number of benzene rings is 12. The first-order valence-corrected chi connectivity index (χ1v) is 31.2. The number of aromatic nitrogens is 5. The topological polar surface area (TPSA) is 48.5 Å². The lowest BCUT2D eigenvalue weighted by molar-refractivity contribution is -0.137. The number of aryl methyl sites for hydroxylation is 8. The molecular weight excluding hydrogens is 1140 g/mol. The molecule has 15 rings (SSSR count). The van der Waals surface area contributed by atoms with Crippen LogP contribution in [-0.2, 0) is 6.18 Å². The molecular formula is C84H64F3N5. The van der Waals surface area contributed by atoms with Crippen molar-refractivity contribution in [3.05, 3.63) is 293 Å². The lowest BCUT2D eigenvalue weighted by atomic mass is 9.94. The van der Waals surface area contributed by atoms with Gasteiger partial charge in [-0.2, -0.15) is 13.2 Å². The van der Waals surface area contributed by atoms with Gasteiger partial charge in [0, 0.05) is 49.5 Å². The zero-order chi connectivity index (χ0) is 63.3. The fraction of sp³-hybridized carbons (Fsp3) is 0.107. The summed E-state index contributed by atoms with van der Waals surface area (Å²) >= 11 is 0. The predicted molar refractivity (Wildman–Crippen MR) is 375 cm³/mol. The molecule has 0 radical (unpaired) electrons. The Morgan fingerprint density at radius 2 is 0.620 bits per heavy atom. The van der Waals surface area contributed by atoms with Crippen molar-refractivity contribution in [1.29, 1.82) is 0 Å². The summed E-state index contributed by atoms with van der Waals surface area (Å²) in [7, 11) is 0. The Hall–Kier alpha value is -11.0. The van der Waals surface area contributed by atoms with Crippen molar-refractivity contribution in [2.45, 2.75) is 61.6 Å². The van der Waals surface area contributed by atoms with Crippen LogP contribution in [0.5, 0.6) is 0 Å². The number of hydrogen-bond acceptors (Lipinski definition) is 3. The van der Waals surface area contributed by atoms with E-state index in [4.69, 9.17) is 15.0 Å². The molecule has 0 N–H and O–H groups in total. The number of hydrogen-bond donors (Lipinski definition) is 0. The average Bonchev–Trinajstić information content (AvgIpc) is 1.54. The summed E-state index contributed by atoms with van der Waals surface area (Å²) in [5.41, 5.74) is 24.1. The Morgan fingerprint density at radius 1 is 0.272 bits per heavy atom. The van der Waals surface area contributed by atoms with Crippen molar-refractivity contribution in [2.75, 3.05) is 0 Å². The zero-order valence-corrected chi connectivity index (χ0v) is 52.5. The van der Waals surface area contributed by atoms with Gasteiger partial charge in [0.1, 0.15) is 0 Å². The number of alkyl halides is 3. The molecule has 0 unspecified atom stereocenters. The molecule has 0 saturated heterocycles. The van der Waals surface area contributed by atoms with E-state index < -0.39 is 11.7 Å². The van der Waals surface area contributed by atoms with Gasteiger partial charge in [-0.25, -0.2) is 15.0 Å². The molecule has 15 aromatic rings. The highest BCUT2D eigenvalue weighted by Gasteiger charge is 2.36. The van der Waals surface area contributed by atoms with Gasteiger partial charge in [-0.3, -0.25) is 0 Å². The summed E-state index contributed by atoms with van der Waals surface area (Å²) in [6.45, 7) is 17.0. The molecule has 12 aromatic carbocycles. The van der Waals surface area contributed by atoms with Gasteiger partial charge in [0.05, 0.1) is 33.3 Å². The number of nitrogens with zero attached hydrogens (tertiary/aromatic N) is 5. The second-order valence-corrected chi connectivity index (χ2v) is 24.9. The molecule has 8 heteroatoms. The maximum Gasteiger partial charge on any atom is 0.417 e. The summed E-state index contributed by atoms with van der Waals surface area (Å²) in [6.07, 6.45) is -4.79. The van der Waals surface area contributed by atoms with Crippen molar-refractivity contribution >= 4 is 43.6 Å². The third-order valence-corrected chi connectivity index (χ3v) is 18.4. The van der Waals surface area contributed by atoms with Gasteiger partial charge in [-0.15, -0.1) is 0 Å². The maximum absolute atomic E-state index is 16.6. The maximum atomic E-state index is 16.6. The molecule has 3 heterocycles. The van der Waals surface area contributed by atoms with E-state index in [1.807, 2.05) is 78.9 Å². The highest BCUT2D eigenvalue weighted by Crippen LogP contribution is 2.47. The minimum Gasteiger partial charge on any atom is -0.309 e. The van der Waals surface area contributed by atoms with Crippen LogP contribution in [0.2, 0.25) is 0 Å². The van der Waals surface area contributed by atoms with E-state index in [0.717, 1.165) is 122 Å². The Kier molecular flexibility index (Phi) is 14.1. The molecule has 446 valence electrons. The van der Waals surface area contributed by atoms with Crippen molar-refractivity contribution in [3.63, 3.8) is 0 Å². The minimum atomic E-state index is -4.79. The van der Waals surface area contributed by atoms with E-state index in [9.17, 15) is 0 Å². The highest BCUT2D eigenvalue weighted by atomic mass is 19.4. The lowest BCUT2D eigenvalue weighted by Crippen LogP contribution is -2.10. The van der Waals surface area contributed by atoms with Crippen molar-refractivity contribution in [1.82, 2.24) is 24.1 Å². The van der Waals surface area contributed by atoms with Crippen molar-refractivity contribution < 1.29 is 13.2 Å². The summed E-state index contributed by atoms with van der Waals surface area (Å²) in [5, 5.41) is 3.90. The molecule has 0 atom stereocenters. The molecule has 5 nitrogen and oxygen atoms in total. The Balaban J connectivity index is 1.03. The second kappa shape index (κ2) is 22.5. The van der Waals surface area contributed by atoms with E-state index >= 15 is 13.2 Å². The first-order chi connectivity index (χ1) is 44.5. The van der Waals surface area contributed by atoms with Gasteiger partial charge < -0.3 is 9.13 Å². The number of fused-ring (bicyclic) bond motifs is 6. The molecule has 0 aliphatic rings. The van der Waals surface area contributed by atoms with Crippen molar-refractivity contribution in [3.8, 4) is 101 Å². The average molecular weight is 1200 g/mol. The molecule has 0 aliphatic carbocycles. The highest BCUT2D eigenvalue weighted by molar-refractivity contribution is 6.14. The Bertz CT molecular complexity index is 5200. The van der Waals surface area contributed by atoms with Crippen LogP contribution < -0.4 is 0 Å². The summed E-state index contributed by atoms with van der Waals surface area (Å²) in [5.74, 6) is 1.19. The lowest BCUT2D eigenvalue weighted by Gasteiger charge is -2.21. The second-order valence-electron chi connectivity index (χ2n) is 24.9. The SMILES string of the molecule is Cc1ccc(-c2ccc3c(c2)c2cc(-c4ccc(C)cc4C)ccc2n3-c2ccc(C(F)(F)F)c(-c3cc(-c4nc(-c5ccccc5)nc(-c5ccccc5)n4)ccc3-n3c4ccc(-c5ccc(C)cc5C)cc4c4cc(-c5ccc(C)cc5C)ccc43)c2)c(C)c1. The van der Waals surface area contributed by atoms with Gasteiger partial charge in [0.2, 0.25) is 0 Å². The van der Waals surface area contributed by atoms with Crippen LogP contribution in [0, 0.1) is 55.4 Å². The van der Waals surface area contributed by atoms with E-state index in [1.165, 1.54) is 28.3 Å². The third kappa shape index (κ3) is 10.2. The van der Waals surface area contributed by atoms with Crippen LogP contribution in [0.25, 0.3) is 145 Å². The van der Waals surface area contributed by atoms with Crippen LogP contribution in [0.4, 0.5) is 13.2 Å². The molecule has 92 heavy (non-hydrogen) atoms. The number of halogens is 3. The summed E-state index contributed by atoms with van der Waals surface area (Å²) in [6, 6.07) is 81.8. The largest absolute Gasteiger partial charge is 0.417 e. The standard InChI is InChI=1S/C84H64F3N5/c1-49-19-29-65(53(5)39-49)59-23-34-76-71(43-59)72-44-60(66-30-20-50(2)40-54(66)6)24-35-77(72)91(76)64-28-33-75(84(85,86)87)69(48-64)70-47-63(83-89-81(57-15-11-9-12-16-57)88-82(90-83)58-17-13-10-14-18-58)27-38-78(70)92-79-36-25-61(67-31-21-51(3)41-55(67)7)45-73(79)74-46-62(26-37-80(74)92)68-32-22-52(4)42-56(68)8/h9-48H,1-8H3. The quantitative estimate of drug-likeness (QED) is 0.137. The molecule has 0 fully saturated rings. The summed E-state index contributed by atoms with van der Waals surface area (Å²) < 4.78 is 54.1. The van der Waals surface area contributed by atoms with Gasteiger partial charge >= 0.3 is 6.18 Å². The monoisotopic (exact) mass is 1200 g/mol. The van der Waals surface area contributed by atoms with Crippen LogP contribution in [0.3, 0.4) is 0 Å². The van der Waals surface area contributed by atoms with Crippen LogP contribution in [0.15, 0.2) is 243 Å². The first-order valence-electron chi connectivity index (χ1n) is 31.2. The smallest absolute Gasteiger partial charge is 0.309 e. The van der Waals surface area contributed by atoms with Crippen LogP contribution in [0.1, 0.15) is 50.1 Å². The van der Waals surface area contributed by atoms with E-state index in [0.29, 0.717) is 40.0 Å². The van der Waals surface area contributed by atoms with Crippen LogP contribution >= 0.6 is 0 Å². The fourth-order valence-electron chi connectivity index (χ4n) is 14.0. The molecule has 0 aliphatic heterocycles. The van der Waals surface area contributed by atoms with Gasteiger partial charge in [-0.05, 0) is 213 Å². The molecule has 0 saturated carbocycles. The first kappa shape index (κ1) is 57.5. The van der Waals surface area contributed by atoms with Crippen molar-refractivity contribution in [2.24, 2.45) is 0 Å². The van der Waals surface area contributed by atoms with Crippen LogP contribution in [-0.4, -0.2) is 24.1 Å². The molecule has 3 aromatic heterocycles. The molecule has 0 bridgehead atoms. The van der Waals surface area contributed by atoms with E-state index in [-0.39, 0.29) is 5.56 Å².